The average Bonchev–Trinajstić information content (AvgIpc) is 2.95. The summed E-state index contributed by atoms with van der Waals surface area (Å²) in [4.78, 5) is 25.2. The molecule has 0 radical (unpaired) electrons. The van der Waals surface area contributed by atoms with E-state index in [1.165, 1.54) is 6.20 Å². The number of nitrogens with zero attached hydrogens (tertiary/aromatic N) is 1. The normalized spacial score (nSPS) is 11.6. The second-order valence-corrected chi connectivity index (χ2v) is 6.42. The monoisotopic (exact) mass is 416 g/mol. The average molecular weight is 417 g/mol. The van der Waals surface area contributed by atoms with E-state index in [0.717, 1.165) is 0 Å². The van der Waals surface area contributed by atoms with Crippen molar-refractivity contribution in [3.63, 3.8) is 0 Å². The highest BCUT2D eigenvalue weighted by atomic mass is 35.5. The van der Waals surface area contributed by atoms with Crippen LogP contribution in [0.5, 0.6) is 0 Å². The van der Waals surface area contributed by atoms with Gasteiger partial charge in [0, 0.05) is 22.7 Å². The third-order valence-corrected chi connectivity index (χ3v) is 4.25. The second-order valence-electron chi connectivity index (χ2n) is 5.99. The molecule has 0 atom stereocenters. The van der Waals surface area contributed by atoms with Crippen molar-refractivity contribution in [2.75, 3.05) is 18.5 Å². The zero-order chi connectivity index (χ0) is 21.4. The molecule has 0 fully saturated rings. The van der Waals surface area contributed by atoms with Gasteiger partial charge in [-0.15, -0.1) is 0 Å². The molecule has 0 bridgehead atoms. The first-order chi connectivity index (χ1) is 14.0. The van der Waals surface area contributed by atoms with E-state index in [-0.39, 0.29) is 24.8 Å². The number of amides is 1. The van der Waals surface area contributed by atoms with Gasteiger partial charge in [-0.25, -0.2) is 4.79 Å². The lowest BCUT2D eigenvalue weighted by Crippen LogP contribution is -2.28. The van der Waals surface area contributed by atoms with E-state index in [1.807, 2.05) is 6.92 Å². The van der Waals surface area contributed by atoms with Crippen molar-refractivity contribution < 1.29 is 14.3 Å². The molecule has 7 nitrogen and oxygen atoms in total. The quantitative estimate of drug-likeness (QED) is 0.429. The minimum Gasteiger partial charge on any atom is -0.461 e. The van der Waals surface area contributed by atoms with Gasteiger partial charge >= 0.3 is 5.97 Å². The number of allylic oxidation sites excluding steroid dienone is 3. The first kappa shape index (κ1) is 22.1. The fraction of sp³-hybridized carbons (Fsp3) is 0.238. The maximum Gasteiger partial charge on any atom is 0.357 e. The number of hydrogen-bond donors (Lipinski definition) is 3. The topological polar surface area (TPSA) is 98.4 Å². The van der Waals surface area contributed by atoms with Gasteiger partial charge in [-0.2, -0.15) is 0 Å². The number of rotatable bonds is 9. The fourth-order valence-corrected chi connectivity index (χ4v) is 3.10. The molecular weight excluding hydrogens is 392 g/mol. The van der Waals surface area contributed by atoms with E-state index in [9.17, 15) is 9.59 Å². The molecule has 4 N–H and O–H groups in total. The van der Waals surface area contributed by atoms with E-state index in [0.29, 0.717) is 33.9 Å². The maximum atomic E-state index is 12.8. The number of likely N-dealkylation sites (N-methyl/N-ethyl adjacent to an activating group) is 1. The van der Waals surface area contributed by atoms with E-state index >= 15 is 0 Å². The number of ether oxygens (including phenoxy) is 1. The number of nitrogens with one attached hydrogen (secondary N) is 2. The van der Waals surface area contributed by atoms with E-state index < -0.39 is 5.97 Å². The van der Waals surface area contributed by atoms with Crippen LogP contribution >= 0.6 is 11.6 Å². The number of esters is 1. The van der Waals surface area contributed by atoms with Gasteiger partial charge in [-0.3, -0.25) is 4.79 Å². The van der Waals surface area contributed by atoms with Gasteiger partial charge in [0.15, 0.2) is 5.69 Å². The molecule has 1 amide bonds. The highest BCUT2D eigenvalue weighted by Crippen LogP contribution is 2.34. The largest absolute Gasteiger partial charge is 0.461 e. The Morgan fingerprint density at radius 3 is 2.72 bits per heavy atom. The summed E-state index contributed by atoms with van der Waals surface area (Å²) in [6, 6.07) is 5.21. The lowest BCUT2D eigenvalue weighted by atomic mass is 10.2. The number of hydrogen-bond acceptors (Lipinski definition) is 5. The van der Waals surface area contributed by atoms with Crippen LogP contribution in [-0.4, -0.2) is 29.6 Å². The standard InChI is InChI=1S/C21H25ClN4O3/c1-4-7-15(10-11-23)25-19-16-9-8-14(22)12-17(16)26(13-18(27)24-5-2)20(19)21(28)29-6-3/h4,7-12,25H,1,5-6,13,23H2,2-3H3,(H,24,27)/b11-10-,15-7+. The minimum absolute atomic E-state index is 0.0618. The third-order valence-electron chi connectivity index (χ3n) is 4.01. The molecule has 0 saturated carbocycles. The molecule has 1 aromatic carbocycles. The second kappa shape index (κ2) is 10.4. The molecule has 1 heterocycles. The Balaban J connectivity index is 2.77. The summed E-state index contributed by atoms with van der Waals surface area (Å²) in [6.07, 6.45) is 6.31. The predicted molar refractivity (Wildman–Crippen MR) is 117 cm³/mol. The number of carbonyl (C=O) groups excluding carboxylic acids is 2. The fourth-order valence-electron chi connectivity index (χ4n) is 2.94. The number of fused-ring (bicyclic) bond motifs is 1. The summed E-state index contributed by atoms with van der Waals surface area (Å²) in [5, 5.41) is 7.14. The van der Waals surface area contributed by atoms with Gasteiger partial charge < -0.3 is 25.7 Å². The number of nitrogens with two attached hydrogens (primary N) is 1. The summed E-state index contributed by atoms with van der Waals surface area (Å²) < 4.78 is 6.87. The summed E-state index contributed by atoms with van der Waals surface area (Å²) in [5.41, 5.74) is 7.48. The van der Waals surface area contributed by atoms with E-state index in [4.69, 9.17) is 22.1 Å². The van der Waals surface area contributed by atoms with Crippen molar-refractivity contribution >= 4 is 40.1 Å². The van der Waals surface area contributed by atoms with Crippen molar-refractivity contribution in [2.45, 2.75) is 20.4 Å². The predicted octanol–water partition coefficient (Wildman–Crippen LogP) is 3.56. The van der Waals surface area contributed by atoms with Crippen LogP contribution in [0.2, 0.25) is 5.02 Å². The van der Waals surface area contributed by atoms with Crippen molar-refractivity contribution in [2.24, 2.45) is 5.73 Å². The Morgan fingerprint density at radius 2 is 2.10 bits per heavy atom. The molecule has 29 heavy (non-hydrogen) atoms. The molecule has 2 rings (SSSR count). The van der Waals surface area contributed by atoms with Crippen LogP contribution in [0.1, 0.15) is 24.3 Å². The van der Waals surface area contributed by atoms with Crippen LogP contribution < -0.4 is 16.4 Å². The van der Waals surface area contributed by atoms with E-state index in [2.05, 4.69) is 17.2 Å². The van der Waals surface area contributed by atoms with Crippen LogP contribution in [0.4, 0.5) is 5.69 Å². The van der Waals surface area contributed by atoms with Crippen LogP contribution in [0.15, 0.2) is 54.9 Å². The van der Waals surface area contributed by atoms with Crippen molar-refractivity contribution in [3.05, 3.63) is 65.6 Å². The third kappa shape index (κ3) is 5.20. The molecule has 0 aliphatic rings. The van der Waals surface area contributed by atoms with Crippen LogP contribution in [-0.2, 0) is 16.1 Å². The highest BCUT2D eigenvalue weighted by Gasteiger charge is 2.25. The van der Waals surface area contributed by atoms with E-state index in [1.54, 1.807) is 47.9 Å². The van der Waals surface area contributed by atoms with Gasteiger partial charge in [0.25, 0.3) is 0 Å². The Hall–Kier alpha value is -3.19. The van der Waals surface area contributed by atoms with Crippen molar-refractivity contribution in [3.8, 4) is 0 Å². The Morgan fingerprint density at radius 1 is 1.34 bits per heavy atom. The molecule has 1 aromatic heterocycles. The molecule has 0 saturated heterocycles. The molecule has 0 aliphatic carbocycles. The molecule has 154 valence electrons. The van der Waals surface area contributed by atoms with Crippen LogP contribution in [0.25, 0.3) is 10.9 Å². The summed E-state index contributed by atoms with van der Waals surface area (Å²) >= 11 is 6.19. The zero-order valence-electron chi connectivity index (χ0n) is 16.5. The first-order valence-electron chi connectivity index (χ1n) is 9.20. The number of carbonyl (C=O) groups is 2. The van der Waals surface area contributed by atoms with Gasteiger partial charge in [0.05, 0.1) is 17.8 Å². The molecule has 0 unspecified atom stereocenters. The first-order valence-corrected chi connectivity index (χ1v) is 9.58. The SMILES string of the molecule is C=C/C=C(\C=C/N)Nc1c(C(=O)OCC)n(CC(=O)NCC)c2cc(Cl)ccc12. The number of aromatic nitrogens is 1. The summed E-state index contributed by atoms with van der Waals surface area (Å²) in [5.74, 6) is -0.786. The maximum absolute atomic E-state index is 12.8. The summed E-state index contributed by atoms with van der Waals surface area (Å²) in [6.45, 7) is 7.85. The zero-order valence-corrected chi connectivity index (χ0v) is 17.3. The number of anilines is 1. The molecular formula is C21H25ClN4O3. The summed E-state index contributed by atoms with van der Waals surface area (Å²) in [7, 11) is 0. The molecule has 8 heteroatoms. The van der Waals surface area contributed by atoms with Gasteiger partial charge in [0.1, 0.15) is 6.54 Å². The number of halogens is 1. The van der Waals surface area contributed by atoms with Gasteiger partial charge in [-0.1, -0.05) is 24.3 Å². The molecule has 2 aromatic rings. The minimum atomic E-state index is -0.554. The Bertz CT molecular complexity index is 976. The van der Waals surface area contributed by atoms with Crippen LogP contribution in [0.3, 0.4) is 0 Å². The molecule has 0 aliphatic heterocycles. The van der Waals surface area contributed by atoms with Crippen molar-refractivity contribution in [1.82, 2.24) is 9.88 Å². The smallest absolute Gasteiger partial charge is 0.357 e. The highest BCUT2D eigenvalue weighted by molar-refractivity contribution is 6.31. The van der Waals surface area contributed by atoms with Crippen molar-refractivity contribution in [1.29, 1.82) is 0 Å². The Kier molecular flexibility index (Phi) is 7.91. The van der Waals surface area contributed by atoms with Gasteiger partial charge in [0.2, 0.25) is 5.91 Å². The lowest BCUT2D eigenvalue weighted by Gasteiger charge is -2.12. The van der Waals surface area contributed by atoms with Crippen LogP contribution in [0, 0.1) is 0 Å². The Labute approximate surface area is 174 Å². The number of benzene rings is 1. The molecule has 0 spiro atoms. The lowest BCUT2D eigenvalue weighted by molar-refractivity contribution is -0.121. The van der Waals surface area contributed by atoms with Gasteiger partial charge in [-0.05, 0) is 50.4 Å².